The zero-order valence-electron chi connectivity index (χ0n) is 9.50. The second-order valence-electron chi connectivity index (χ2n) is 4.35. The summed E-state index contributed by atoms with van der Waals surface area (Å²) < 4.78 is 13.9. The molecule has 0 amide bonds. The van der Waals surface area contributed by atoms with E-state index in [-0.39, 0.29) is 18.5 Å². The maximum Gasteiger partial charge on any atom is 0.139 e. The minimum Gasteiger partial charge on any atom is -0.397 e. The highest BCUT2D eigenvalue weighted by molar-refractivity contribution is 9.10. The lowest BCUT2D eigenvalue weighted by Crippen LogP contribution is -2.42. The van der Waals surface area contributed by atoms with Gasteiger partial charge in [-0.05, 0) is 41.3 Å². The van der Waals surface area contributed by atoms with Gasteiger partial charge >= 0.3 is 0 Å². The normalized spacial score (nSPS) is 20.6. The lowest BCUT2D eigenvalue weighted by molar-refractivity contribution is 0.240. The highest BCUT2D eigenvalue weighted by atomic mass is 79.9. The molecule has 1 atom stereocenters. The number of piperidine rings is 1. The molecule has 94 valence electrons. The lowest BCUT2D eigenvalue weighted by atomic mass is 10.0. The van der Waals surface area contributed by atoms with Crippen LogP contribution in [0.1, 0.15) is 19.3 Å². The molecular weight excluding hydrogens is 287 g/mol. The Morgan fingerprint density at radius 1 is 1.47 bits per heavy atom. The molecule has 5 heteroatoms. The average molecular weight is 303 g/mol. The fourth-order valence-corrected chi connectivity index (χ4v) is 2.67. The fourth-order valence-electron chi connectivity index (χ4n) is 2.31. The van der Waals surface area contributed by atoms with E-state index in [1.807, 2.05) is 4.90 Å². The molecule has 0 aromatic heterocycles. The van der Waals surface area contributed by atoms with Gasteiger partial charge in [-0.3, -0.25) is 0 Å². The second kappa shape index (κ2) is 5.23. The number of aliphatic hydroxyl groups excluding tert-OH is 1. The van der Waals surface area contributed by atoms with E-state index in [1.54, 1.807) is 6.07 Å². The summed E-state index contributed by atoms with van der Waals surface area (Å²) in [6, 6.07) is 3.06. The third-order valence-corrected chi connectivity index (χ3v) is 3.82. The smallest absolute Gasteiger partial charge is 0.139 e. The van der Waals surface area contributed by atoms with E-state index < -0.39 is 0 Å². The number of nitrogen functional groups attached to an aromatic ring is 1. The number of benzene rings is 1. The van der Waals surface area contributed by atoms with Crippen molar-refractivity contribution >= 4 is 27.3 Å². The monoisotopic (exact) mass is 302 g/mol. The van der Waals surface area contributed by atoms with Crippen molar-refractivity contribution < 1.29 is 9.50 Å². The van der Waals surface area contributed by atoms with Crippen molar-refractivity contribution in [2.45, 2.75) is 25.3 Å². The Labute approximate surface area is 109 Å². The number of aliphatic hydroxyl groups is 1. The van der Waals surface area contributed by atoms with Crippen LogP contribution in [0.2, 0.25) is 0 Å². The summed E-state index contributed by atoms with van der Waals surface area (Å²) in [4.78, 5) is 2.01. The molecule has 0 radical (unpaired) electrons. The average Bonchev–Trinajstić information content (AvgIpc) is 2.34. The van der Waals surface area contributed by atoms with Gasteiger partial charge in [-0.2, -0.15) is 0 Å². The third-order valence-electron chi connectivity index (χ3n) is 3.22. The summed E-state index contributed by atoms with van der Waals surface area (Å²) in [6.07, 6.45) is 3.07. The Kier molecular flexibility index (Phi) is 3.89. The predicted octanol–water partition coefficient (Wildman–Crippen LogP) is 2.52. The standard InChI is InChI=1S/C12H16BrFN2O/c13-9-5-11(15)12(6-10(9)14)16-4-2-1-3-8(16)7-17/h5-6,8,17H,1-4,7,15H2. The maximum absolute atomic E-state index is 13.6. The first kappa shape index (κ1) is 12.6. The minimum absolute atomic E-state index is 0.0478. The number of nitrogens with zero attached hydrogens (tertiary/aromatic N) is 1. The summed E-state index contributed by atoms with van der Waals surface area (Å²) in [5.41, 5.74) is 7.14. The van der Waals surface area contributed by atoms with Gasteiger partial charge in [0.25, 0.3) is 0 Å². The maximum atomic E-state index is 13.6. The first-order valence-electron chi connectivity index (χ1n) is 5.75. The molecule has 3 nitrogen and oxygen atoms in total. The van der Waals surface area contributed by atoms with E-state index in [0.717, 1.165) is 25.8 Å². The van der Waals surface area contributed by atoms with Crippen molar-refractivity contribution in [3.63, 3.8) is 0 Å². The van der Waals surface area contributed by atoms with Crippen LogP contribution < -0.4 is 10.6 Å². The molecule has 1 aromatic rings. The number of hydrogen-bond donors (Lipinski definition) is 2. The van der Waals surface area contributed by atoms with Crippen molar-refractivity contribution in [1.82, 2.24) is 0 Å². The van der Waals surface area contributed by atoms with Gasteiger partial charge in [0.15, 0.2) is 0 Å². The zero-order chi connectivity index (χ0) is 12.4. The quantitative estimate of drug-likeness (QED) is 0.825. The molecule has 0 saturated carbocycles. The van der Waals surface area contributed by atoms with Crippen LogP contribution in [0.5, 0.6) is 0 Å². The molecule has 1 aliphatic heterocycles. The van der Waals surface area contributed by atoms with Crippen LogP contribution in [-0.2, 0) is 0 Å². The largest absolute Gasteiger partial charge is 0.397 e. The summed E-state index contributed by atoms with van der Waals surface area (Å²) in [6.45, 7) is 0.896. The Morgan fingerprint density at radius 2 is 2.24 bits per heavy atom. The van der Waals surface area contributed by atoms with E-state index >= 15 is 0 Å². The Morgan fingerprint density at radius 3 is 2.94 bits per heavy atom. The molecule has 2 rings (SSSR count). The Balaban J connectivity index is 2.34. The number of halogens is 2. The summed E-state index contributed by atoms with van der Waals surface area (Å²) in [5.74, 6) is -0.323. The molecule has 1 aromatic carbocycles. The highest BCUT2D eigenvalue weighted by Gasteiger charge is 2.24. The lowest BCUT2D eigenvalue weighted by Gasteiger charge is -2.37. The second-order valence-corrected chi connectivity index (χ2v) is 5.21. The summed E-state index contributed by atoms with van der Waals surface area (Å²) in [7, 11) is 0. The van der Waals surface area contributed by atoms with E-state index in [9.17, 15) is 9.50 Å². The van der Waals surface area contributed by atoms with E-state index in [1.165, 1.54) is 6.07 Å². The van der Waals surface area contributed by atoms with Gasteiger partial charge in [-0.15, -0.1) is 0 Å². The van der Waals surface area contributed by atoms with Gasteiger partial charge in [0.2, 0.25) is 0 Å². The zero-order valence-corrected chi connectivity index (χ0v) is 11.1. The third kappa shape index (κ3) is 2.55. The molecule has 17 heavy (non-hydrogen) atoms. The molecule has 1 fully saturated rings. The van der Waals surface area contributed by atoms with Crippen LogP contribution in [0, 0.1) is 5.82 Å². The molecule has 0 spiro atoms. The number of rotatable bonds is 2. The van der Waals surface area contributed by atoms with Crippen LogP contribution >= 0.6 is 15.9 Å². The highest BCUT2D eigenvalue weighted by Crippen LogP contribution is 2.33. The van der Waals surface area contributed by atoms with Gasteiger partial charge < -0.3 is 15.7 Å². The summed E-state index contributed by atoms with van der Waals surface area (Å²) in [5, 5.41) is 9.35. The van der Waals surface area contributed by atoms with E-state index in [0.29, 0.717) is 15.8 Å². The molecule has 3 N–H and O–H groups in total. The molecule has 1 aliphatic rings. The van der Waals surface area contributed by atoms with Gasteiger partial charge in [-0.25, -0.2) is 4.39 Å². The number of nitrogens with two attached hydrogens (primary N) is 1. The van der Waals surface area contributed by atoms with Crippen molar-refractivity contribution in [1.29, 1.82) is 0 Å². The van der Waals surface area contributed by atoms with Gasteiger partial charge in [-0.1, -0.05) is 0 Å². The minimum atomic E-state index is -0.323. The Hall–Kier alpha value is -0.810. The van der Waals surface area contributed by atoms with Crippen molar-refractivity contribution in [3.05, 3.63) is 22.4 Å². The van der Waals surface area contributed by atoms with Crippen LogP contribution in [0.4, 0.5) is 15.8 Å². The summed E-state index contributed by atoms with van der Waals surface area (Å²) >= 11 is 3.11. The van der Waals surface area contributed by atoms with Crippen molar-refractivity contribution in [2.24, 2.45) is 0 Å². The van der Waals surface area contributed by atoms with Crippen molar-refractivity contribution in [2.75, 3.05) is 23.8 Å². The molecule has 0 aliphatic carbocycles. The molecule has 1 saturated heterocycles. The van der Waals surface area contributed by atoms with E-state index in [4.69, 9.17) is 5.73 Å². The molecule has 1 heterocycles. The van der Waals surface area contributed by atoms with Crippen LogP contribution in [-0.4, -0.2) is 24.3 Å². The van der Waals surface area contributed by atoms with Crippen LogP contribution in [0.15, 0.2) is 16.6 Å². The van der Waals surface area contributed by atoms with E-state index in [2.05, 4.69) is 15.9 Å². The number of hydrogen-bond acceptors (Lipinski definition) is 3. The molecule has 1 unspecified atom stereocenters. The number of anilines is 2. The topological polar surface area (TPSA) is 49.5 Å². The van der Waals surface area contributed by atoms with Crippen molar-refractivity contribution in [3.8, 4) is 0 Å². The van der Waals surface area contributed by atoms with Gasteiger partial charge in [0.1, 0.15) is 5.82 Å². The molecule has 0 bridgehead atoms. The first-order chi connectivity index (χ1) is 8.13. The molecular formula is C12H16BrFN2O. The van der Waals surface area contributed by atoms with Gasteiger partial charge in [0, 0.05) is 12.6 Å². The van der Waals surface area contributed by atoms with Crippen LogP contribution in [0.25, 0.3) is 0 Å². The predicted molar refractivity (Wildman–Crippen MR) is 70.6 cm³/mol. The Bertz CT molecular complexity index is 414. The van der Waals surface area contributed by atoms with Gasteiger partial charge in [0.05, 0.1) is 28.5 Å². The van der Waals surface area contributed by atoms with Crippen LogP contribution in [0.3, 0.4) is 0 Å². The first-order valence-corrected chi connectivity index (χ1v) is 6.55. The fraction of sp³-hybridized carbons (Fsp3) is 0.500. The SMILES string of the molecule is Nc1cc(Br)c(F)cc1N1CCCCC1CO.